The smallest absolute Gasteiger partial charge is 0.216 e. The molecule has 7 nitrogen and oxygen atoms in total. The van der Waals surface area contributed by atoms with Crippen molar-refractivity contribution in [3.8, 4) is 0 Å². The fourth-order valence-corrected chi connectivity index (χ4v) is 3.92. The molecule has 0 radical (unpaired) electrons. The van der Waals surface area contributed by atoms with E-state index < -0.39 is 6.41 Å². The number of benzene rings is 1. The Hall–Kier alpha value is -2.48. The van der Waals surface area contributed by atoms with Crippen LogP contribution in [-0.2, 0) is 11.3 Å². The van der Waals surface area contributed by atoms with E-state index in [2.05, 4.69) is 45.5 Å². The van der Waals surface area contributed by atoms with Crippen LogP contribution in [0.4, 0.5) is 11.6 Å². The first kappa shape index (κ1) is 24.8. The van der Waals surface area contributed by atoms with Gasteiger partial charge in [-0.25, -0.2) is 9.97 Å². The van der Waals surface area contributed by atoms with Gasteiger partial charge >= 0.3 is 0 Å². The molecular formula is C24H37N5O2. The predicted molar refractivity (Wildman–Crippen MR) is 127 cm³/mol. The normalized spacial score (nSPS) is 19.0. The van der Waals surface area contributed by atoms with Crippen LogP contribution >= 0.6 is 0 Å². The molecule has 2 N–H and O–H groups in total. The summed E-state index contributed by atoms with van der Waals surface area (Å²) in [6, 6.07) is 12.2. The lowest BCUT2D eigenvalue weighted by Gasteiger charge is -2.36. The summed E-state index contributed by atoms with van der Waals surface area (Å²) in [6.07, 6.45) is 4.09. The number of aliphatic hydroxyl groups is 1. The van der Waals surface area contributed by atoms with E-state index in [-0.39, 0.29) is 12.1 Å². The number of nitrogens with zero attached hydrogens (tertiary/aromatic N) is 4. The lowest BCUT2D eigenvalue weighted by molar-refractivity contribution is -0.212. The summed E-state index contributed by atoms with van der Waals surface area (Å²) >= 11 is 0. The fourth-order valence-electron chi connectivity index (χ4n) is 3.92. The average Bonchev–Trinajstić information content (AvgIpc) is 3.19. The number of aromatic nitrogens is 2. The van der Waals surface area contributed by atoms with Gasteiger partial charge in [0.25, 0.3) is 0 Å². The van der Waals surface area contributed by atoms with Crippen molar-refractivity contribution in [2.45, 2.75) is 65.6 Å². The van der Waals surface area contributed by atoms with E-state index in [1.807, 2.05) is 50.2 Å². The molecule has 2 aromatic rings. The second-order valence-corrected chi connectivity index (χ2v) is 7.26. The zero-order chi connectivity index (χ0) is 22.6. The molecule has 1 aromatic heterocycles. The highest BCUT2D eigenvalue weighted by Crippen LogP contribution is 2.29. The number of aliphatic hydroxyl groups excluding tert-OH is 1. The summed E-state index contributed by atoms with van der Waals surface area (Å²) in [7, 11) is 0. The topological polar surface area (TPSA) is 73.8 Å². The van der Waals surface area contributed by atoms with Crippen molar-refractivity contribution in [2.24, 2.45) is 0 Å². The van der Waals surface area contributed by atoms with Crippen LogP contribution in [0.5, 0.6) is 0 Å². The highest BCUT2D eigenvalue weighted by molar-refractivity contribution is 5.51. The largest absolute Gasteiger partial charge is 0.356 e. The first-order valence-corrected chi connectivity index (χ1v) is 11.2. The van der Waals surface area contributed by atoms with Crippen LogP contribution in [0.25, 0.3) is 0 Å². The zero-order valence-electron chi connectivity index (χ0n) is 19.2. The van der Waals surface area contributed by atoms with Gasteiger partial charge in [0, 0.05) is 31.2 Å². The van der Waals surface area contributed by atoms with Crippen molar-refractivity contribution in [1.29, 1.82) is 0 Å². The Kier molecular flexibility index (Phi) is 10.4. The third kappa shape index (κ3) is 6.75. The molecule has 1 aromatic carbocycles. The van der Waals surface area contributed by atoms with Crippen LogP contribution in [0.1, 0.15) is 46.1 Å². The van der Waals surface area contributed by atoms with E-state index in [1.165, 1.54) is 0 Å². The maximum absolute atomic E-state index is 10.8. The van der Waals surface area contributed by atoms with E-state index >= 15 is 0 Å². The molecule has 3 atom stereocenters. The summed E-state index contributed by atoms with van der Waals surface area (Å²) < 4.78 is 5.81. The summed E-state index contributed by atoms with van der Waals surface area (Å²) in [4.78, 5) is 13.0. The molecule has 1 aliphatic heterocycles. The quantitative estimate of drug-likeness (QED) is 0.550. The fraction of sp³-hybridized carbons (Fsp3) is 0.500. The minimum absolute atomic E-state index is 0.173. The molecule has 0 aliphatic carbocycles. The number of ether oxygens (including phenoxy) is 1. The molecule has 0 spiro atoms. The lowest BCUT2D eigenvalue weighted by Crippen LogP contribution is -2.50. The van der Waals surface area contributed by atoms with Crippen molar-refractivity contribution >= 4 is 11.6 Å². The van der Waals surface area contributed by atoms with Crippen molar-refractivity contribution in [2.75, 3.05) is 23.3 Å². The number of hydrogen-bond acceptors (Lipinski definition) is 7. The van der Waals surface area contributed by atoms with Crippen LogP contribution in [0, 0.1) is 0 Å². The molecule has 3 unspecified atom stereocenters. The third-order valence-electron chi connectivity index (χ3n) is 5.34. The summed E-state index contributed by atoms with van der Waals surface area (Å²) in [5.41, 5.74) is 1.05. The molecule has 3 rings (SSSR count). The molecule has 31 heavy (non-hydrogen) atoms. The van der Waals surface area contributed by atoms with Gasteiger partial charge in [0.05, 0.1) is 6.61 Å². The van der Waals surface area contributed by atoms with E-state index in [1.54, 1.807) is 12.5 Å². The van der Waals surface area contributed by atoms with Gasteiger partial charge in [-0.2, -0.15) is 0 Å². The lowest BCUT2D eigenvalue weighted by atomic mass is 10.1. The van der Waals surface area contributed by atoms with E-state index in [4.69, 9.17) is 4.74 Å². The minimum atomic E-state index is -0.939. The Bertz CT molecular complexity index is 774. The van der Waals surface area contributed by atoms with Gasteiger partial charge in [-0.05, 0) is 31.5 Å². The van der Waals surface area contributed by atoms with Gasteiger partial charge in [-0.15, -0.1) is 0 Å². The van der Waals surface area contributed by atoms with Crippen LogP contribution in [0.2, 0.25) is 0 Å². The molecule has 170 valence electrons. The van der Waals surface area contributed by atoms with Crippen molar-refractivity contribution in [3.63, 3.8) is 0 Å². The molecule has 0 amide bonds. The van der Waals surface area contributed by atoms with Gasteiger partial charge < -0.3 is 20.1 Å². The zero-order valence-corrected chi connectivity index (χ0v) is 19.2. The van der Waals surface area contributed by atoms with E-state index in [0.717, 1.165) is 43.1 Å². The van der Waals surface area contributed by atoms with Crippen molar-refractivity contribution < 1.29 is 9.84 Å². The first-order valence-electron chi connectivity index (χ1n) is 11.2. The Balaban J connectivity index is 0.00000166. The highest BCUT2D eigenvalue weighted by atomic mass is 16.6. The molecule has 1 aliphatic rings. The molecular weight excluding hydrogens is 390 g/mol. The Morgan fingerprint density at radius 1 is 1.32 bits per heavy atom. The number of anilines is 2. The Morgan fingerprint density at radius 2 is 2.06 bits per heavy atom. The molecule has 0 saturated carbocycles. The SMILES string of the molecule is C=CNc1cc(N2CCC(N(CCC)C(O)OCc3ccccc3)C2C)ncn1.CC. The molecule has 7 heteroatoms. The average molecular weight is 428 g/mol. The standard InChI is InChI=1S/C22H31N5O2.C2H6/c1-4-12-27(22(28)29-15-18-9-7-6-8-10-18)19-11-13-26(17(19)3)21-14-20(23-5-2)24-16-25-21;1-2/h5-10,14,16-17,19,22,28H,2,4,11-13,15H2,1,3H3,(H,23,24,25);1-2H3. The van der Waals surface area contributed by atoms with Gasteiger partial charge in [-0.1, -0.05) is 57.7 Å². The molecule has 1 fully saturated rings. The van der Waals surface area contributed by atoms with Gasteiger partial charge in [0.15, 0.2) is 0 Å². The summed E-state index contributed by atoms with van der Waals surface area (Å²) in [5.74, 6) is 1.59. The third-order valence-corrected chi connectivity index (χ3v) is 5.34. The second kappa shape index (κ2) is 13.0. The molecule has 1 saturated heterocycles. The van der Waals surface area contributed by atoms with E-state index in [9.17, 15) is 5.11 Å². The van der Waals surface area contributed by atoms with Crippen LogP contribution < -0.4 is 10.2 Å². The Labute approximate surface area is 186 Å². The van der Waals surface area contributed by atoms with Gasteiger partial charge in [0.1, 0.15) is 18.0 Å². The van der Waals surface area contributed by atoms with Crippen molar-refractivity contribution in [1.82, 2.24) is 14.9 Å². The molecule has 0 bridgehead atoms. The highest BCUT2D eigenvalue weighted by Gasteiger charge is 2.38. The van der Waals surface area contributed by atoms with Crippen LogP contribution in [0.3, 0.4) is 0 Å². The second-order valence-electron chi connectivity index (χ2n) is 7.26. The maximum atomic E-state index is 10.8. The van der Waals surface area contributed by atoms with Crippen LogP contribution in [-0.4, -0.2) is 51.6 Å². The maximum Gasteiger partial charge on any atom is 0.216 e. The summed E-state index contributed by atoms with van der Waals surface area (Å²) in [6.45, 7) is 14.0. The number of rotatable bonds is 10. The first-order chi connectivity index (χ1) is 15.1. The monoisotopic (exact) mass is 427 g/mol. The van der Waals surface area contributed by atoms with E-state index in [0.29, 0.717) is 6.61 Å². The predicted octanol–water partition coefficient (Wildman–Crippen LogP) is 4.23. The van der Waals surface area contributed by atoms with Crippen molar-refractivity contribution in [3.05, 3.63) is 61.1 Å². The minimum Gasteiger partial charge on any atom is -0.356 e. The van der Waals surface area contributed by atoms with Gasteiger partial charge in [-0.3, -0.25) is 4.90 Å². The number of hydrogen-bond donors (Lipinski definition) is 2. The van der Waals surface area contributed by atoms with Crippen LogP contribution in [0.15, 0.2) is 55.5 Å². The Morgan fingerprint density at radius 3 is 2.74 bits per heavy atom. The summed E-state index contributed by atoms with van der Waals surface area (Å²) in [5, 5.41) is 13.8. The molecule has 2 heterocycles. The number of nitrogens with one attached hydrogen (secondary N) is 1. The van der Waals surface area contributed by atoms with Gasteiger partial charge in [0.2, 0.25) is 6.41 Å².